The Bertz CT molecular complexity index is 1060. The van der Waals surface area contributed by atoms with Gasteiger partial charge in [-0.25, -0.2) is 0 Å². The zero-order valence-corrected chi connectivity index (χ0v) is 33.1. The maximum atomic E-state index is 12.3. The number of rotatable bonds is 40. The lowest BCUT2D eigenvalue weighted by Crippen LogP contribution is -2.33. The molecule has 0 aromatic heterocycles. The van der Waals surface area contributed by atoms with Crippen LogP contribution in [0.5, 0.6) is 0 Å². The van der Waals surface area contributed by atoms with E-state index < -0.39 is 0 Å². The zero-order valence-electron chi connectivity index (χ0n) is 33.1. The molecule has 2 aliphatic rings. The van der Waals surface area contributed by atoms with Crippen LogP contribution in [0.3, 0.4) is 0 Å². The van der Waals surface area contributed by atoms with E-state index in [2.05, 4.69) is 0 Å². The van der Waals surface area contributed by atoms with E-state index in [1.165, 1.54) is 4.90 Å². The van der Waals surface area contributed by atoms with Crippen LogP contribution < -0.4 is 0 Å². The van der Waals surface area contributed by atoms with Gasteiger partial charge >= 0.3 is 0 Å². The van der Waals surface area contributed by atoms with Gasteiger partial charge in [0.1, 0.15) is 0 Å². The Morgan fingerprint density at radius 1 is 0.429 bits per heavy atom. The number of benzene rings is 1. The van der Waals surface area contributed by atoms with Crippen LogP contribution in [0.2, 0.25) is 0 Å². The van der Waals surface area contributed by atoms with Crippen molar-refractivity contribution in [1.29, 1.82) is 0 Å². The smallest absolute Gasteiger partial charge is 0.261 e. The van der Waals surface area contributed by atoms with Crippen LogP contribution in [0, 0.1) is 0 Å². The second-order valence-corrected chi connectivity index (χ2v) is 12.3. The van der Waals surface area contributed by atoms with Crippen molar-refractivity contribution in [3.63, 3.8) is 0 Å². The van der Waals surface area contributed by atoms with Crippen LogP contribution in [0.15, 0.2) is 24.3 Å². The summed E-state index contributed by atoms with van der Waals surface area (Å²) in [7, 11) is 0. The van der Waals surface area contributed by atoms with Crippen LogP contribution in [0.4, 0.5) is 0 Å². The minimum atomic E-state index is -0.279. The molecular formula is C39H65NO16. The first-order valence-corrected chi connectivity index (χ1v) is 19.9. The molecule has 1 aromatic carbocycles. The van der Waals surface area contributed by atoms with Gasteiger partial charge in [-0.2, -0.15) is 0 Å². The highest BCUT2D eigenvalue weighted by atomic mass is 16.7. The Morgan fingerprint density at radius 3 is 1.04 bits per heavy atom. The second kappa shape index (κ2) is 34.8. The molecule has 0 spiro atoms. The summed E-state index contributed by atoms with van der Waals surface area (Å²) in [6.07, 6.45) is 3.17. The van der Waals surface area contributed by atoms with Gasteiger partial charge in [0.2, 0.25) is 0 Å². The highest BCUT2D eigenvalue weighted by Gasteiger charge is 2.34. The standard InChI is InChI=1S/C39H65NO16/c41-38-35-5-1-2-6-36(35)39(42)40(38)8-10-43-11-12-44-13-14-45-15-16-46-17-18-47-19-20-48-21-22-49-23-24-50-25-26-51-27-28-52-29-30-53-31-32-54-33-34-56-37-7-3-4-9-55-37/h1-2,5-6,37H,3-4,7-34H2. The third-order valence-corrected chi connectivity index (χ3v) is 8.10. The topological polar surface area (TPSA) is 167 Å². The van der Waals surface area contributed by atoms with Crippen molar-refractivity contribution in [2.75, 3.05) is 178 Å². The molecule has 2 aliphatic heterocycles. The van der Waals surface area contributed by atoms with Crippen LogP contribution in [0.1, 0.15) is 40.0 Å². The number of ether oxygens (including phenoxy) is 14. The van der Waals surface area contributed by atoms with Crippen LogP contribution >= 0.6 is 0 Å². The number of nitrogens with zero attached hydrogens (tertiary/aromatic N) is 1. The summed E-state index contributed by atoms with van der Waals surface area (Å²) >= 11 is 0. The lowest BCUT2D eigenvalue weighted by molar-refractivity contribution is -0.169. The summed E-state index contributed by atoms with van der Waals surface area (Å²) in [5.74, 6) is -0.558. The van der Waals surface area contributed by atoms with E-state index in [4.69, 9.17) is 66.3 Å². The highest BCUT2D eigenvalue weighted by molar-refractivity contribution is 6.21. The monoisotopic (exact) mass is 803 g/mol. The van der Waals surface area contributed by atoms with Crippen molar-refractivity contribution in [3.8, 4) is 0 Å². The van der Waals surface area contributed by atoms with Crippen molar-refractivity contribution in [1.82, 2.24) is 4.90 Å². The van der Waals surface area contributed by atoms with E-state index >= 15 is 0 Å². The molecule has 1 saturated heterocycles. The quantitative estimate of drug-likeness (QED) is 0.0698. The predicted octanol–water partition coefficient (Wildman–Crippen LogP) is 2.03. The molecule has 1 fully saturated rings. The van der Waals surface area contributed by atoms with Crippen molar-refractivity contribution in [2.24, 2.45) is 0 Å². The van der Waals surface area contributed by atoms with Gasteiger partial charge < -0.3 is 66.3 Å². The first-order valence-electron chi connectivity index (χ1n) is 19.9. The number of fused-ring (bicyclic) bond motifs is 1. The molecule has 2 heterocycles. The number of carbonyl (C=O) groups excluding carboxylic acids is 2. The first-order chi connectivity index (χ1) is 27.8. The molecule has 3 rings (SSSR count). The molecule has 0 aliphatic carbocycles. The largest absolute Gasteiger partial charge is 0.377 e. The fourth-order valence-electron chi connectivity index (χ4n) is 5.20. The van der Waals surface area contributed by atoms with E-state index in [1.807, 2.05) is 0 Å². The van der Waals surface area contributed by atoms with Gasteiger partial charge in [-0.05, 0) is 31.4 Å². The summed E-state index contributed by atoms with van der Waals surface area (Å²) in [5.41, 5.74) is 0.881. The maximum absolute atomic E-state index is 12.3. The maximum Gasteiger partial charge on any atom is 0.261 e. The molecular weight excluding hydrogens is 738 g/mol. The SMILES string of the molecule is O=C1c2ccccc2C(=O)N1CCOCCOCCOCCOCCOCCOCCOCCOCCOCCOCCOCCOCCOC1CCCCO1. The molecule has 17 heteroatoms. The Labute approximate surface area is 331 Å². The summed E-state index contributed by atoms with van der Waals surface area (Å²) in [6, 6.07) is 6.82. The average Bonchev–Trinajstić information content (AvgIpc) is 3.46. The number of carbonyl (C=O) groups is 2. The molecule has 1 aromatic rings. The van der Waals surface area contributed by atoms with Crippen molar-refractivity contribution in [3.05, 3.63) is 35.4 Å². The number of amides is 2. The van der Waals surface area contributed by atoms with Gasteiger partial charge in [-0.1, -0.05) is 12.1 Å². The Kier molecular flexibility index (Phi) is 29.9. The van der Waals surface area contributed by atoms with E-state index in [-0.39, 0.29) is 31.3 Å². The molecule has 1 unspecified atom stereocenters. The second-order valence-electron chi connectivity index (χ2n) is 12.3. The molecule has 17 nitrogen and oxygen atoms in total. The molecule has 56 heavy (non-hydrogen) atoms. The van der Waals surface area contributed by atoms with Gasteiger partial charge in [-0.15, -0.1) is 0 Å². The number of hydrogen-bond acceptors (Lipinski definition) is 16. The third kappa shape index (κ3) is 23.9. The van der Waals surface area contributed by atoms with Gasteiger partial charge in [0.25, 0.3) is 11.8 Å². The molecule has 0 radical (unpaired) electrons. The number of imide groups is 1. The highest BCUT2D eigenvalue weighted by Crippen LogP contribution is 2.21. The summed E-state index contributed by atoms with van der Waals surface area (Å²) in [6.45, 7) is 12.8. The summed E-state index contributed by atoms with van der Waals surface area (Å²) in [5, 5.41) is 0. The van der Waals surface area contributed by atoms with Gasteiger partial charge in [-0.3, -0.25) is 14.5 Å². The van der Waals surface area contributed by atoms with E-state index in [9.17, 15) is 9.59 Å². The number of hydrogen-bond donors (Lipinski definition) is 0. The fourth-order valence-corrected chi connectivity index (χ4v) is 5.20. The van der Waals surface area contributed by atoms with Crippen molar-refractivity contribution < 1.29 is 75.9 Å². The Hall–Kier alpha value is -2.20. The Balaban J connectivity index is 0.890. The molecule has 322 valence electrons. The summed E-state index contributed by atoms with van der Waals surface area (Å²) in [4.78, 5) is 25.9. The molecule has 2 amide bonds. The molecule has 1 atom stereocenters. The van der Waals surface area contributed by atoms with E-state index in [0.717, 1.165) is 25.9 Å². The van der Waals surface area contributed by atoms with Gasteiger partial charge in [0.05, 0.1) is 183 Å². The van der Waals surface area contributed by atoms with Crippen molar-refractivity contribution in [2.45, 2.75) is 25.6 Å². The minimum absolute atomic E-state index is 0.0734. The predicted molar refractivity (Wildman–Crippen MR) is 201 cm³/mol. The van der Waals surface area contributed by atoms with Crippen LogP contribution in [-0.2, 0) is 66.3 Å². The van der Waals surface area contributed by atoms with Gasteiger partial charge in [0, 0.05) is 6.61 Å². The van der Waals surface area contributed by atoms with Crippen molar-refractivity contribution >= 4 is 11.8 Å². The lowest BCUT2D eigenvalue weighted by atomic mass is 10.1. The van der Waals surface area contributed by atoms with E-state index in [0.29, 0.717) is 170 Å². The average molecular weight is 804 g/mol. The normalized spacial score (nSPS) is 15.6. The van der Waals surface area contributed by atoms with Gasteiger partial charge in [0.15, 0.2) is 6.29 Å². The molecule has 0 N–H and O–H groups in total. The minimum Gasteiger partial charge on any atom is -0.377 e. The fraction of sp³-hybridized carbons (Fsp3) is 0.795. The Morgan fingerprint density at radius 2 is 0.732 bits per heavy atom. The van der Waals surface area contributed by atoms with E-state index in [1.54, 1.807) is 24.3 Å². The first kappa shape index (κ1) is 48.2. The zero-order chi connectivity index (χ0) is 39.4. The summed E-state index contributed by atoms with van der Waals surface area (Å²) < 4.78 is 77.0. The molecule has 0 saturated carbocycles. The van der Waals surface area contributed by atoms with Crippen LogP contribution in [0.25, 0.3) is 0 Å². The molecule has 0 bridgehead atoms. The third-order valence-electron chi connectivity index (χ3n) is 8.10. The van der Waals surface area contributed by atoms with Crippen LogP contribution in [-0.4, -0.2) is 201 Å². The lowest BCUT2D eigenvalue weighted by Gasteiger charge is -2.22.